The number of aliphatic hydroxyl groups excluding tert-OH is 1. The van der Waals surface area contributed by atoms with Crippen LogP contribution in [-0.4, -0.2) is 39.3 Å². The number of carbonyl (C=O) groups is 1. The van der Waals surface area contributed by atoms with Gasteiger partial charge in [-0.2, -0.15) is 0 Å². The summed E-state index contributed by atoms with van der Waals surface area (Å²) in [6.45, 7) is 1.88. The smallest absolute Gasteiger partial charge is 0.330 e. The molecule has 0 radical (unpaired) electrons. The Labute approximate surface area is 210 Å². The minimum Gasteiger partial charge on any atom is -0.390 e. The van der Waals surface area contributed by atoms with Crippen LogP contribution in [0, 0.1) is 0 Å². The predicted octanol–water partition coefficient (Wildman–Crippen LogP) is 2.81. The Hall–Kier alpha value is -2.85. The second kappa shape index (κ2) is 9.66. The molecule has 1 aromatic heterocycles. The van der Waals surface area contributed by atoms with Gasteiger partial charge in [-0.3, -0.25) is 19.1 Å². The first kappa shape index (κ1) is 23.9. The molecule has 3 N–H and O–H groups in total. The largest absolute Gasteiger partial charge is 0.390 e. The van der Waals surface area contributed by atoms with E-state index in [0.717, 1.165) is 20.9 Å². The molecular weight excluding hydrogens is 490 g/mol. The van der Waals surface area contributed by atoms with Crippen molar-refractivity contribution < 1.29 is 14.6 Å². The molecular formula is C25H24ClN3O5S. The van der Waals surface area contributed by atoms with Crippen molar-refractivity contribution in [1.82, 2.24) is 14.9 Å². The maximum Gasteiger partial charge on any atom is 0.330 e. The topological polar surface area (TPSA) is 113 Å². The zero-order valence-corrected chi connectivity index (χ0v) is 20.4. The molecule has 0 spiro atoms. The summed E-state index contributed by atoms with van der Waals surface area (Å²) in [5, 5.41) is 14.1. The van der Waals surface area contributed by atoms with E-state index in [4.69, 9.17) is 16.3 Å². The Morgan fingerprint density at radius 3 is 2.80 bits per heavy atom. The summed E-state index contributed by atoms with van der Waals surface area (Å²) in [4.78, 5) is 41.9. The third-order valence-corrected chi connectivity index (χ3v) is 7.83. The number of halogens is 1. The van der Waals surface area contributed by atoms with E-state index in [1.165, 1.54) is 10.8 Å². The van der Waals surface area contributed by atoms with Gasteiger partial charge >= 0.3 is 5.69 Å². The zero-order chi connectivity index (χ0) is 24.7. The van der Waals surface area contributed by atoms with Gasteiger partial charge in [0.2, 0.25) is 5.91 Å². The van der Waals surface area contributed by atoms with Crippen molar-refractivity contribution >= 4 is 29.3 Å². The van der Waals surface area contributed by atoms with Crippen molar-refractivity contribution in [2.45, 2.75) is 53.9 Å². The summed E-state index contributed by atoms with van der Waals surface area (Å²) in [6.07, 6.45) is -0.252. The van der Waals surface area contributed by atoms with Gasteiger partial charge in [-0.05, 0) is 41.8 Å². The van der Waals surface area contributed by atoms with Crippen LogP contribution < -0.4 is 16.6 Å². The number of aromatic amines is 1. The average Bonchev–Trinajstić information content (AvgIpc) is 3.21. The van der Waals surface area contributed by atoms with Crippen molar-refractivity contribution in [3.63, 3.8) is 0 Å². The fourth-order valence-corrected chi connectivity index (χ4v) is 5.88. The molecule has 4 atom stereocenters. The number of benzene rings is 2. The maximum absolute atomic E-state index is 13.4. The molecule has 3 aromatic rings. The number of hydrogen-bond donors (Lipinski definition) is 3. The molecule has 1 amide bonds. The Bertz CT molecular complexity index is 1400. The van der Waals surface area contributed by atoms with Gasteiger partial charge in [0, 0.05) is 39.5 Å². The van der Waals surface area contributed by atoms with E-state index in [0.29, 0.717) is 17.0 Å². The number of aliphatic hydroxyl groups is 1. The zero-order valence-electron chi connectivity index (χ0n) is 18.9. The summed E-state index contributed by atoms with van der Waals surface area (Å²) in [7, 11) is 0. The molecule has 182 valence electrons. The summed E-state index contributed by atoms with van der Waals surface area (Å²) >= 11 is 7.85. The summed E-state index contributed by atoms with van der Waals surface area (Å²) in [5.41, 5.74) is 1.14. The van der Waals surface area contributed by atoms with E-state index >= 15 is 0 Å². The number of H-pyrrole nitrogens is 1. The van der Waals surface area contributed by atoms with Gasteiger partial charge in [0.15, 0.2) is 0 Å². The number of aromatic nitrogens is 2. The molecule has 2 aliphatic heterocycles. The van der Waals surface area contributed by atoms with Crippen LogP contribution in [0.4, 0.5) is 0 Å². The molecule has 2 aliphatic rings. The highest BCUT2D eigenvalue weighted by Crippen LogP contribution is 2.46. The molecule has 1 unspecified atom stereocenters. The normalized spacial score (nSPS) is 22.9. The summed E-state index contributed by atoms with van der Waals surface area (Å²) in [6, 6.07) is 13.3. The number of nitrogens with zero attached hydrogens (tertiary/aromatic N) is 1. The number of rotatable bonds is 5. The first-order valence-electron chi connectivity index (χ1n) is 11.4. The van der Waals surface area contributed by atoms with Gasteiger partial charge in [0.05, 0.1) is 12.0 Å². The first-order valence-corrected chi connectivity index (χ1v) is 12.6. The van der Waals surface area contributed by atoms with Crippen LogP contribution >= 0.6 is 23.4 Å². The molecule has 3 heterocycles. The Morgan fingerprint density at radius 1 is 1.23 bits per heavy atom. The number of hydrogen-bond acceptors (Lipinski definition) is 6. The molecule has 1 fully saturated rings. The minimum atomic E-state index is -0.889. The molecule has 0 aliphatic carbocycles. The fraction of sp³-hybridized carbons (Fsp3) is 0.320. The number of ether oxygens (including phenoxy) is 1. The van der Waals surface area contributed by atoms with E-state index in [9.17, 15) is 19.5 Å². The second-order valence-corrected chi connectivity index (χ2v) is 10.1. The van der Waals surface area contributed by atoms with Gasteiger partial charge in [-0.1, -0.05) is 48.5 Å². The Balaban J connectivity index is 1.34. The van der Waals surface area contributed by atoms with E-state index in [-0.39, 0.29) is 18.9 Å². The summed E-state index contributed by atoms with van der Waals surface area (Å²) < 4.78 is 7.22. The van der Waals surface area contributed by atoms with Crippen LogP contribution in [0.2, 0.25) is 5.02 Å². The van der Waals surface area contributed by atoms with Gasteiger partial charge in [0.1, 0.15) is 12.3 Å². The van der Waals surface area contributed by atoms with Crippen molar-refractivity contribution in [1.29, 1.82) is 0 Å². The average molecular weight is 514 g/mol. The van der Waals surface area contributed by atoms with E-state index in [1.54, 1.807) is 11.8 Å². The van der Waals surface area contributed by atoms with Crippen molar-refractivity contribution in [3.05, 3.63) is 91.2 Å². The number of amides is 1. The molecule has 35 heavy (non-hydrogen) atoms. The minimum absolute atomic E-state index is 0.0664. The highest BCUT2D eigenvalue weighted by molar-refractivity contribution is 7.99. The van der Waals surface area contributed by atoms with Crippen LogP contribution in [0.5, 0.6) is 0 Å². The van der Waals surface area contributed by atoms with Crippen molar-refractivity contribution in [2.24, 2.45) is 0 Å². The van der Waals surface area contributed by atoms with Gasteiger partial charge < -0.3 is 15.2 Å². The van der Waals surface area contributed by atoms with Crippen molar-refractivity contribution in [3.8, 4) is 0 Å². The SMILES string of the molecule is CCc1cn([C@H]2C[C@H](O)[C@@H](CNC(=O)C3c4ccccc4Sc4ccc(Cl)cc43)O2)c(=O)[nH]c1=O. The van der Waals surface area contributed by atoms with Crippen LogP contribution in [0.3, 0.4) is 0 Å². The lowest BCUT2D eigenvalue weighted by molar-refractivity contribution is -0.122. The molecule has 5 rings (SSSR count). The molecule has 8 nitrogen and oxygen atoms in total. The molecule has 0 saturated carbocycles. The quantitative estimate of drug-likeness (QED) is 0.483. The molecule has 1 saturated heterocycles. The van der Waals surface area contributed by atoms with Gasteiger partial charge in [0.25, 0.3) is 5.56 Å². The lowest BCUT2D eigenvalue weighted by Gasteiger charge is -2.28. The van der Waals surface area contributed by atoms with Crippen LogP contribution in [0.15, 0.2) is 68.0 Å². The van der Waals surface area contributed by atoms with Crippen molar-refractivity contribution in [2.75, 3.05) is 6.54 Å². The van der Waals surface area contributed by atoms with E-state index in [1.807, 2.05) is 49.4 Å². The highest BCUT2D eigenvalue weighted by Gasteiger charge is 2.37. The Kier molecular flexibility index (Phi) is 6.59. The number of aryl methyl sites for hydroxylation is 1. The third-order valence-electron chi connectivity index (χ3n) is 6.41. The predicted molar refractivity (Wildman–Crippen MR) is 132 cm³/mol. The molecule has 10 heteroatoms. The lowest BCUT2D eigenvalue weighted by Crippen LogP contribution is -2.40. The van der Waals surface area contributed by atoms with Crippen LogP contribution in [-0.2, 0) is 16.0 Å². The molecule has 0 bridgehead atoms. The van der Waals surface area contributed by atoms with Gasteiger partial charge in [-0.25, -0.2) is 4.79 Å². The standard InChI is InChI=1S/C25H24ClN3O5S/c1-2-13-12-29(25(33)28-23(13)31)21-10-17(30)18(34-21)11-27-24(32)22-15-5-3-4-6-19(15)35-20-8-7-14(26)9-16(20)22/h3-9,12,17-18,21-22,30H,2,10-11H2,1H3,(H,27,32)(H,28,31,33)/t17-,18+,21+,22?/m0/s1. The highest BCUT2D eigenvalue weighted by atomic mass is 35.5. The first-order chi connectivity index (χ1) is 16.9. The van der Waals surface area contributed by atoms with Crippen LogP contribution in [0.25, 0.3) is 0 Å². The molecule has 2 aromatic carbocycles. The summed E-state index contributed by atoms with van der Waals surface area (Å²) in [5.74, 6) is -0.778. The number of nitrogens with one attached hydrogen (secondary N) is 2. The Morgan fingerprint density at radius 2 is 2.00 bits per heavy atom. The maximum atomic E-state index is 13.4. The lowest BCUT2D eigenvalue weighted by atomic mass is 9.89. The second-order valence-electron chi connectivity index (χ2n) is 8.61. The number of fused-ring (bicyclic) bond motifs is 2. The van der Waals surface area contributed by atoms with E-state index in [2.05, 4.69) is 10.3 Å². The monoisotopic (exact) mass is 513 g/mol. The van der Waals surface area contributed by atoms with E-state index < -0.39 is 35.6 Å². The van der Waals surface area contributed by atoms with Gasteiger partial charge in [-0.15, -0.1) is 0 Å². The third kappa shape index (κ3) is 4.56. The fourth-order valence-electron chi connectivity index (χ4n) is 4.58. The number of carbonyl (C=O) groups excluding carboxylic acids is 1. The van der Waals surface area contributed by atoms with Crippen LogP contribution in [0.1, 0.15) is 42.2 Å².